The molecule has 7 nitrogen and oxygen atoms in total. The summed E-state index contributed by atoms with van der Waals surface area (Å²) in [6, 6.07) is 7.92. The molecule has 0 saturated carbocycles. The highest BCUT2D eigenvalue weighted by Gasteiger charge is 2.21. The van der Waals surface area contributed by atoms with E-state index in [4.69, 9.17) is 10.5 Å². The van der Waals surface area contributed by atoms with Crippen LogP contribution in [0.15, 0.2) is 41.3 Å². The molecule has 29 heavy (non-hydrogen) atoms. The topological polar surface area (TPSA) is 107 Å². The molecule has 152 valence electrons. The minimum atomic E-state index is -0.904. The molecule has 3 N–H and O–H groups in total. The first kappa shape index (κ1) is 20.6. The summed E-state index contributed by atoms with van der Waals surface area (Å²) >= 11 is 0. The number of aliphatic hydroxyl groups excluding tert-OH is 1. The molecular formula is C21H22FN3O4. The van der Waals surface area contributed by atoms with Crippen LogP contribution in [0.3, 0.4) is 0 Å². The molecule has 0 bridgehead atoms. The van der Waals surface area contributed by atoms with Crippen LogP contribution in [-0.2, 0) is 24.3 Å². The normalized spacial score (nSPS) is 11.1. The fraction of sp³-hybridized carbons (Fsp3) is 0.286. The quantitative estimate of drug-likeness (QED) is 0.561. The summed E-state index contributed by atoms with van der Waals surface area (Å²) in [4.78, 5) is 29.2. The fourth-order valence-electron chi connectivity index (χ4n) is 3.36. The van der Waals surface area contributed by atoms with E-state index < -0.39 is 18.1 Å². The van der Waals surface area contributed by atoms with Crippen LogP contribution in [-0.4, -0.2) is 34.3 Å². The van der Waals surface area contributed by atoms with Crippen molar-refractivity contribution in [2.24, 2.45) is 5.73 Å². The van der Waals surface area contributed by atoms with E-state index in [9.17, 15) is 19.1 Å². The highest BCUT2D eigenvalue weighted by Crippen LogP contribution is 2.21. The second-order valence-electron chi connectivity index (χ2n) is 6.69. The number of hydrogen-bond acceptors (Lipinski definition) is 5. The molecule has 1 aromatic carbocycles. The Morgan fingerprint density at radius 2 is 2.00 bits per heavy atom. The first-order valence-corrected chi connectivity index (χ1v) is 9.14. The van der Waals surface area contributed by atoms with Crippen molar-refractivity contribution in [1.82, 2.24) is 9.55 Å². The zero-order chi connectivity index (χ0) is 21.0. The lowest BCUT2D eigenvalue weighted by atomic mass is 10.0. The number of carbonyl (C=O) groups is 1. The van der Waals surface area contributed by atoms with Gasteiger partial charge in [-0.3, -0.25) is 14.6 Å². The summed E-state index contributed by atoms with van der Waals surface area (Å²) in [6.07, 6.45) is 2.64. The third kappa shape index (κ3) is 4.33. The molecule has 1 amide bonds. The van der Waals surface area contributed by atoms with E-state index in [1.165, 1.54) is 16.7 Å². The molecule has 0 unspecified atom stereocenters. The largest absolute Gasteiger partial charge is 0.392 e. The van der Waals surface area contributed by atoms with Crippen molar-refractivity contribution in [3.05, 3.63) is 75.0 Å². The molecule has 0 aliphatic rings. The van der Waals surface area contributed by atoms with Crippen molar-refractivity contribution >= 4 is 16.9 Å². The molecule has 3 rings (SSSR count). The van der Waals surface area contributed by atoms with Gasteiger partial charge in [-0.1, -0.05) is 12.1 Å². The van der Waals surface area contributed by atoms with E-state index >= 15 is 0 Å². The van der Waals surface area contributed by atoms with Crippen molar-refractivity contribution in [2.75, 3.05) is 13.7 Å². The van der Waals surface area contributed by atoms with E-state index in [1.807, 2.05) is 0 Å². The van der Waals surface area contributed by atoms with Crippen molar-refractivity contribution in [3.8, 4) is 0 Å². The minimum Gasteiger partial charge on any atom is -0.392 e. The predicted octanol–water partition coefficient (Wildman–Crippen LogP) is 1.75. The van der Waals surface area contributed by atoms with E-state index in [1.54, 1.807) is 31.5 Å². The smallest absolute Gasteiger partial charge is 0.264 e. The van der Waals surface area contributed by atoms with Gasteiger partial charge in [0, 0.05) is 32.0 Å². The standard InChI is InChI=1S/C21H22FN3O4/c1-29-8-2-7-25-17-10-14(9-13-3-5-15(22)6-4-13)11-24-19(17)16(12-26)18(20(23)27)21(25)28/h3-6,10-11,26H,2,7-9,12H2,1H3,(H2,23,27). The van der Waals surface area contributed by atoms with Gasteiger partial charge in [0.1, 0.15) is 11.4 Å². The number of hydrogen-bond donors (Lipinski definition) is 2. The van der Waals surface area contributed by atoms with Crippen molar-refractivity contribution < 1.29 is 19.0 Å². The lowest BCUT2D eigenvalue weighted by molar-refractivity contribution is 0.0995. The van der Waals surface area contributed by atoms with Crippen LogP contribution < -0.4 is 11.3 Å². The molecule has 8 heteroatoms. The van der Waals surface area contributed by atoms with Gasteiger partial charge < -0.3 is 20.1 Å². The Morgan fingerprint density at radius 3 is 2.62 bits per heavy atom. The van der Waals surface area contributed by atoms with Gasteiger partial charge in [0.2, 0.25) is 0 Å². The van der Waals surface area contributed by atoms with Crippen molar-refractivity contribution in [2.45, 2.75) is 26.0 Å². The fourth-order valence-corrected chi connectivity index (χ4v) is 3.36. The highest BCUT2D eigenvalue weighted by atomic mass is 19.1. The number of carbonyl (C=O) groups excluding carboxylic acids is 1. The van der Waals surface area contributed by atoms with Crippen molar-refractivity contribution in [1.29, 1.82) is 0 Å². The number of methoxy groups -OCH3 is 1. The molecule has 0 radical (unpaired) electrons. The van der Waals surface area contributed by atoms with E-state index in [-0.39, 0.29) is 16.9 Å². The van der Waals surface area contributed by atoms with Crippen LogP contribution in [0.2, 0.25) is 0 Å². The lowest BCUT2D eigenvalue weighted by Gasteiger charge is -2.16. The average Bonchev–Trinajstić information content (AvgIpc) is 2.70. The predicted molar refractivity (Wildman–Crippen MR) is 106 cm³/mol. The maximum atomic E-state index is 13.1. The number of aromatic nitrogens is 2. The Kier molecular flexibility index (Phi) is 6.36. The van der Waals surface area contributed by atoms with Crippen molar-refractivity contribution in [3.63, 3.8) is 0 Å². The van der Waals surface area contributed by atoms with Crippen LogP contribution in [0.25, 0.3) is 11.0 Å². The van der Waals surface area contributed by atoms with Gasteiger partial charge in [0.15, 0.2) is 0 Å². The zero-order valence-corrected chi connectivity index (χ0v) is 16.0. The maximum absolute atomic E-state index is 13.1. The number of nitrogens with zero attached hydrogens (tertiary/aromatic N) is 2. The SMILES string of the molecule is COCCCn1c(=O)c(C(N)=O)c(CO)c2ncc(Cc3ccc(F)cc3)cc21. The zero-order valence-electron chi connectivity index (χ0n) is 16.0. The molecule has 0 atom stereocenters. The maximum Gasteiger partial charge on any atom is 0.264 e. The molecule has 0 saturated heterocycles. The van der Waals surface area contributed by atoms with Gasteiger partial charge in [-0.2, -0.15) is 0 Å². The monoisotopic (exact) mass is 399 g/mol. The number of ether oxygens (including phenoxy) is 1. The second kappa shape index (κ2) is 8.93. The number of aryl methyl sites for hydroxylation is 1. The molecule has 2 aromatic heterocycles. The minimum absolute atomic E-state index is 0.119. The number of nitrogens with two attached hydrogens (primary N) is 1. The summed E-state index contributed by atoms with van der Waals surface area (Å²) in [5, 5.41) is 9.77. The highest BCUT2D eigenvalue weighted by molar-refractivity contribution is 5.98. The van der Waals surface area contributed by atoms with Gasteiger partial charge in [-0.15, -0.1) is 0 Å². The number of halogens is 1. The van der Waals surface area contributed by atoms with Crippen LogP contribution in [0.5, 0.6) is 0 Å². The Balaban J connectivity index is 2.16. The summed E-state index contributed by atoms with van der Waals surface area (Å²) in [5.74, 6) is -1.22. The first-order valence-electron chi connectivity index (χ1n) is 9.14. The first-order chi connectivity index (χ1) is 14.0. The third-order valence-corrected chi connectivity index (χ3v) is 4.72. The van der Waals surface area contributed by atoms with Gasteiger partial charge in [0.25, 0.3) is 11.5 Å². The lowest BCUT2D eigenvalue weighted by Crippen LogP contribution is -2.32. The molecule has 3 aromatic rings. The van der Waals surface area contributed by atoms with Crippen LogP contribution in [0, 0.1) is 5.82 Å². The number of benzene rings is 1. The van der Waals surface area contributed by atoms with E-state index in [0.29, 0.717) is 37.0 Å². The van der Waals surface area contributed by atoms with Crippen LogP contribution in [0.4, 0.5) is 4.39 Å². The number of rotatable bonds is 8. The number of primary amides is 1. The summed E-state index contributed by atoms with van der Waals surface area (Å²) in [6.45, 7) is 0.203. The van der Waals surface area contributed by atoms with E-state index in [0.717, 1.165) is 11.1 Å². The molecule has 0 spiro atoms. The number of fused-ring (bicyclic) bond motifs is 1. The number of pyridine rings is 2. The third-order valence-electron chi connectivity index (χ3n) is 4.72. The van der Waals surface area contributed by atoms with E-state index in [2.05, 4.69) is 4.98 Å². The Bertz CT molecular complexity index is 1090. The summed E-state index contributed by atoms with van der Waals surface area (Å²) < 4.78 is 19.6. The van der Waals surface area contributed by atoms with Gasteiger partial charge in [0.05, 0.1) is 17.6 Å². The number of amides is 1. The van der Waals surface area contributed by atoms with Crippen LogP contribution in [0.1, 0.15) is 33.5 Å². The van der Waals surface area contributed by atoms with Gasteiger partial charge in [-0.05, 0) is 42.2 Å². The van der Waals surface area contributed by atoms with Crippen LogP contribution >= 0.6 is 0 Å². The molecular weight excluding hydrogens is 377 g/mol. The number of aliphatic hydroxyl groups is 1. The Morgan fingerprint density at radius 1 is 1.28 bits per heavy atom. The van der Waals surface area contributed by atoms with Gasteiger partial charge >= 0.3 is 0 Å². The van der Waals surface area contributed by atoms with Gasteiger partial charge in [-0.25, -0.2) is 4.39 Å². The molecule has 0 aliphatic heterocycles. The Hall–Kier alpha value is -3.10. The average molecular weight is 399 g/mol. The molecule has 0 fully saturated rings. The molecule has 2 heterocycles. The molecule has 0 aliphatic carbocycles. The summed E-state index contributed by atoms with van der Waals surface area (Å²) in [5.41, 5.74) is 7.24. The summed E-state index contributed by atoms with van der Waals surface area (Å²) in [7, 11) is 1.56. The second-order valence-corrected chi connectivity index (χ2v) is 6.69. The Labute approximate surface area is 166 Å².